The van der Waals surface area contributed by atoms with E-state index in [2.05, 4.69) is 4.98 Å². The molecule has 1 saturated heterocycles. The Balaban J connectivity index is 1.71. The van der Waals surface area contributed by atoms with Crippen molar-refractivity contribution < 1.29 is 19.4 Å². The molecular weight excluding hydrogens is 454 g/mol. The van der Waals surface area contributed by atoms with E-state index in [0.717, 1.165) is 0 Å². The Kier molecular flexibility index (Phi) is 7.03. The van der Waals surface area contributed by atoms with Crippen molar-refractivity contribution in [2.75, 3.05) is 6.54 Å². The molecule has 2 aromatic carbocycles. The van der Waals surface area contributed by atoms with Crippen LogP contribution in [-0.2, 0) is 16.1 Å². The third kappa shape index (κ3) is 4.99. The predicted molar refractivity (Wildman–Crippen MR) is 130 cm³/mol. The fraction of sp³-hybridized carbons (Fsp3) is 0.269. The maximum atomic E-state index is 13.1. The lowest BCUT2D eigenvalue weighted by Crippen LogP contribution is -2.31. The number of imidazole rings is 1. The molecule has 0 aliphatic carbocycles. The number of hydrogen-bond acceptors (Lipinski definition) is 5. The third-order valence-electron chi connectivity index (χ3n) is 5.60. The monoisotopic (exact) mass is 479 g/mol. The van der Waals surface area contributed by atoms with E-state index in [1.165, 1.54) is 4.90 Å². The Labute approximate surface area is 203 Å². The quantitative estimate of drug-likeness (QED) is 0.284. The smallest absolute Gasteiger partial charge is 0.295 e. The van der Waals surface area contributed by atoms with Crippen LogP contribution in [0.25, 0.3) is 5.76 Å². The van der Waals surface area contributed by atoms with Crippen molar-refractivity contribution in [2.24, 2.45) is 0 Å². The zero-order valence-corrected chi connectivity index (χ0v) is 19.8. The van der Waals surface area contributed by atoms with Crippen molar-refractivity contribution in [3.05, 3.63) is 89.0 Å². The molecule has 3 aromatic rings. The number of likely N-dealkylation sites (tertiary alicyclic amines) is 1. The number of aliphatic hydroxyl groups excluding tert-OH is 1. The summed E-state index contributed by atoms with van der Waals surface area (Å²) >= 11 is 5.98. The van der Waals surface area contributed by atoms with Gasteiger partial charge in [-0.15, -0.1) is 0 Å². The molecule has 0 radical (unpaired) electrons. The number of carbonyl (C=O) groups excluding carboxylic acids is 2. The first-order chi connectivity index (χ1) is 16.3. The fourth-order valence-electron chi connectivity index (χ4n) is 4.06. The highest BCUT2D eigenvalue weighted by Gasteiger charge is 2.45. The lowest BCUT2D eigenvalue weighted by atomic mass is 9.95. The van der Waals surface area contributed by atoms with E-state index in [4.69, 9.17) is 16.3 Å². The summed E-state index contributed by atoms with van der Waals surface area (Å²) in [6.07, 6.45) is 5.89. The van der Waals surface area contributed by atoms with E-state index in [0.29, 0.717) is 41.4 Å². The van der Waals surface area contributed by atoms with Crippen molar-refractivity contribution in [1.82, 2.24) is 14.5 Å². The molecule has 1 aliphatic heterocycles. The van der Waals surface area contributed by atoms with E-state index in [1.807, 2.05) is 48.9 Å². The highest BCUT2D eigenvalue weighted by molar-refractivity contribution is 6.46. The van der Waals surface area contributed by atoms with E-state index in [1.54, 1.807) is 36.8 Å². The molecule has 0 bridgehead atoms. The van der Waals surface area contributed by atoms with E-state index in [-0.39, 0.29) is 17.4 Å². The lowest BCUT2D eigenvalue weighted by Gasteiger charge is -2.25. The number of aliphatic hydroxyl groups is 1. The molecule has 8 heteroatoms. The molecule has 0 saturated carbocycles. The van der Waals surface area contributed by atoms with E-state index < -0.39 is 17.7 Å². The number of ketones is 1. The van der Waals surface area contributed by atoms with Crippen molar-refractivity contribution >= 4 is 29.1 Å². The lowest BCUT2D eigenvalue weighted by molar-refractivity contribution is -0.139. The summed E-state index contributed by atoms with van der Waals surface area (Å²) in [6, 6.07) is 13.1. The van der Waals surface area contributed by atoms with Crippen molar-refractivity contribution in [3.8, 4) is 5.75 Å². The molecule has 1 atom stereocenters. The summed E-state index contributed by atoms with van der Waals surface area (Å²) in [5.41, 5.74) is 1.20. The van der Waals surface area contributed by atoms with Gasteiger partial charge in [-0.05, 0) is 62.2 Å². The van der Waals surface area contributed by atoms with Crippen molar-refractivity contribution in [1.29, 1.82) is 0 Å². The Morgan fingerprint density at radius 2 is 1.79 bits per heavy atom. The Bertz CT molecular complexity index is 1190. The largest absolute Gasteiger partial charge is 0.507 e. The zero-order chi connectivity index (χ0) is 24.2. The second kappa shape index (κ2) is 10.1. The highest BCUT2D eigenvalue weighted by atomic mass is 35.5. The molecule has 1 N–H and O–H groups in total. The number of halogens is 1. The van der Waals surface area contributed by atoms with E-state index in [9.17, 15) is 14.7 Å². The molecule has 0 unspecified atom stereocenters. The van der Waals surface area contributed by atoms with Crippen LogP contribution < -0.4 is 4.74 Å². The minimum Gasteiger partial charge on any atom is -0.507 e. The maximum absolute atomic E-state index is 13.1. The molecule has 176 valence electrons. The first kappa shape index (κ1) is 23.6. The van der Waals surface area contributed by atoms with E-state index >= 15 is 0 Å². The molecule has 1 aromatic heterocycles. The average Bonchev–Trinajstić information content (AvgIpc) is 3.42. The summed E-state index contributed by atoms with van der Waals surface area (Å²) in [7, 11) is 0. The zero-order valence-electron chi connectivity index (χ0n) is 19.0. The van der Waals surface area contributed by atoms with Crippen LogP contribution in [0, 0.1) is 0 Å². The molecule has 1 fully saturated rings. The van der Waals surface area contributed by atoms with Crippen LogP contribution in [0.1, 0.15) is 37.4 Å². The number of aromatic nitrogens is 2. The van der Waals surface area contributed by atoms with Crippen LogP contribution in [0.3, 0.4) is 0 Å². The van der Waals surface area contributed by atoms with Crippen LogP contribution in [-0.4, -0.2) is 43.9 Å². The van der Waals surface area contributed by atoms with Crippen LogP contribution >= 0.6 is 11.6 Å². The van der Waals surface area contributed by atoms with Gasteiger partial charge in [0.15, 0.2) is 0 Å². The predicted octanol–water partition coefficient (Wildman–Crippen LogP) is 4.84. The van der Waals surface area contributed by atoms with Gasteiger partial charge in [0.25, 0.3) is 11.7 Å². The average molecular weight is 480 g/mol. The van der Waals surface area contributed by atoms with Crippen LogP contribution in [0.4, 0.5) is 0 Å². The number of benzene rings is 2. The van der Waals surface area contributed by atoms with Gasteiger partial charge >= 0.3 is 0 Å². The van der Waals surface area contributed by atoms with Gasteiger partial charge in [-0.25, -0.2) is 4.98 Å². The SMILES string of the molecule is CC(C)Oc1ccc([C@@H]2C(=C(O)c3ccc(Cl)cc3)C(=O)C(=O)N2CCCn2ccnc2)cc1. The Morgan fingerprint density at radius 1 is 1.09 bits per heavy atom. The van der Waals surface area contributed by atoms with Gasteiger partial charge in [-0.1, -0.05) is 23.7 Å². The summed E-state index contributed by atoms with van der Waals surface area (Å²) in [6.45, 7) is 4.87. The van der Waals surface area contributed by atoms with Gasteiger partial charge in [-0.3, -0.25) is 9.59 Å². The maximum Gasteiger partial charge on any atom is 0.295 e. The second-order valence-corrected chi connectivity index (χ2v) is 8.83. The van der Waals surface area contributed by atoms with Crippen molar-refractivity contribution in [3.63, 3.8) is 0 Å². The van der Waals surface area contributed by atoms with Gasteiger partial charge in [0.2, 0.25) is 0 Å². The fourth-order valence-corrected chi connectivity index (χ4v) is 4.19. The molecule has 7 nitrogen and oxygen atoms in total. The summed E-state index contributed by atoms with van der Waals surface area (Å²) < 4.78 is 7.65. The highest BCUT2D eigenvalue weighted by Crippen LogP contribution is 2.40. The standard InChI is InChI=1S/C26H26ClN3O4/c1-17(2)34-21-10-6-18(7-11-21)23-22(24(31)19-4-8-20(27)9-5-19)25(32)26(33)30(23)14-3-13-29-15-12-28-16-29/h4-12,15-17,23,31H,3,13-14H2,1-2H3/t23-/m1/s1. The van der Waals surface area contributed by atoms with Gasteiger partial charge in [0.1, 0.15) is 11.5 Å². The number of amides is 1. The number of aryl methyl sites for hydroxylation is 1. The molecule has 34 heavy (non-hydrogen) atoms. The molecule has 1 amide bonds. The molecule has 0 spiro atoms. The third-order valence-corrected chi connectivity index (χ3v) is 5.85. The topological polar surface area (TPSA) is 84.7 Å². The first-order valence-electron chi connectivity index (χ1n) is 11.1. The molecule has 4 rings (SSSR count). The number of rotatable bonds is 8. The van der Waals surface area contributed by atoms with Crippen LogP contribution in [0.2, 0.25) is 5.02 Å². The van der Waals surface area contributed by atoms with Gasteiger partial charge in [0.05, 0.1) is 24.0 Å². The van der Waals surface area contributed by atoms with Gasteiger partial charge in [-0.2, -0.15) is 0 Å². The summed E-state index contributed by atoms with van der Waals surface area (Å²) in [5, 5.41) is 11.6. The van der Waals surface area contributed by atoms with Crippen LogP contribution in [0.15, 0.2) is 72.8 Å². The van der Waals surface area contributed by atoms with Gasteiger partial charge in [0, 0.05) is 36.1 Å². The minimum absolute atomic E-state index is 0.0181. The van der Waals surface area contributed by atoms with Crippen molar-refractivity contribution in [2.45, 2.75) is 39.0 Å². The van der Waals surface area contributed by atoms with Gasteiger partial charge < -0.3 is 19.3 Å². The number of nitrogens with zero attached hydrogens (tertiary/aromatic N) is 3. The van der Waals surface area contributed by atoms with Crippen LogP contribution in [0.5, 0.6) is 5.75 Å². The number of carbonyl (C=O) groups is 2. The Hall–Kier alpha value is -3.58. The first-order valence-corrected chi connectivity index (χ1v) is 11.5. The summed E-state index contributed by atoms with van der Waals surface area (Å²) in [5.74, 6) is -0.871. The molecular formula is C26H26ClN3O4. The summed E-state index contributed by atoms with van der Waals surface area (Å²) in [4.78, 5) is 31.7. The second-order valence-electron chi connectivity index (χ2n) is 8.39. The number of ether oxygens (including phenoxy) is 1. The normalized spacial score (nSPS) is 17.5. The number of hydrogen-bond donors (Lipinski definition) is 1. The number of Topliss-reactive ketones (excluding diaryl/α,β-unsaturated/α-hetero) is 1. The minimum atomic E-state index is -0.716. The Morgan fingerprint density at radius 3 is 2.41 bits per heavy atom. The molecule has 1 aliphatic rings. The molecule has 2 heterocycles.